The van der Waals surface area contributed by atoms with Crippen LogP contribution in [0.5, 0.6) is 5.75 Å². The Labute approximate surface area is 87.2 Å². The molecule has 90 valence electrons. The molecular formula is C7H3F4O4S-. The second-order valence-electron chi connectivity index (χ2n) is 2.57. The highest BCUT2D eigenvalue weighted by atomic mass is 32.2. The molecule has 0 aromatic heterocycles. The maximum atomic E-state index is 12.9. The number of halogens is 4. The fraction of sp³-hybridized carbons (Fsp3) is 0.143. The SMILES string of the molecule is COc1c(F)c(F)c(S(=O)(=O)[O-])c(F)c1F. The van der Waals surface area contributed by atoms with Gasteiger partial charge in [-0.3, -0.25) is 0 Å². The van der Waals surface area contributed by atoms with Crippen molar-refractivity contribution in [2.45, 2.75) is 4.90 Å². The zero-order valence-electron chi connectivity index (χ0n) is 7.55. The van der Waals surface area contributed by atoms with Gasteiger partial charge in [0.05, 0.1) is 7.11 Å². The smallest absolute Gasteiger partial charge is 0.205 e. The molecule has 0 fully saturated rings. The Balaban J connectivity index is 3.82. The summed E-state index contributed by atoms with van der Waals surface area (Å²) in [6, 6.07) is 0. The number of hydrogen-bond donors (Lipinski definition) is 0. The van der Waals surface area contributed by atoms with Gasteiger partial charge in [0.1, 0.15) is 15.0 Å². The summed E-state index contributed by atoms with van der Waals surface area (Å²) in [5.41, 5.74) is 0. The molecule has 4 nitrogen and oxygen atoms in total. The van der Waals surface area contributed by atoms with Gasteiger partial charge in [-0.15, -0.1) is 0 Å². The molecule has 0 unspecified atom stereocenters. The third-order valence-electron chi connectivity index (χ3n) is 1.64. The second kappa shape index (κ2) is 3.91. The Hall–Kier alpha value is -1.35. The minimum absolute atomic E-state index is 0.714. The Kier molecular flexibility index (Phi) is 3.10. The number of rotatable bonds is 2. The van der Waals surface area contributed by atoms with Crippen LogP contribution in [0.3, 0.4) is 0 Å². The first-order chi connectivity index (χ1) is 7.21. The van der Waals surface area contributed by atoms with E-state index in [2.05, 4.69) is 4.74 Å². The molecule has 0 saturated heterocycles. The summed E-state index contributed by atoms with van der Waals surface area (Å²) >= 11 is 0. The highest BCUT2D eigenvalue weighted by molar-refractivity contribution is 7.85. The molecule has 0 saturated carbocycles. The van der Waals surface area contributed by atoms with Crippen LogP contribution in [0, 0.1) is 23.3 Å². The number of benzene rings is 1. The molecule has 0 heterocycles. The molecule has 0 bridgehead atoms. The molecule has 0 amide bonds. The molecule has 0 aliphatic carbocycles. The van der Waals surface area contributed by atoms with Crippen LogP contribution in [0.2, 0.25) is 0 Å². The fourth-order valence-electron chi connectivity index (χ4n) is 0.990. The van der Waals surface area contributed by atoms with E-state index in [1.807, 2.05) is 0 Å². The first kappa shape index (κ1) is 12.7. The van der Waals surface area contributed by atoms with Crippen molar-refractivity contribution in [3.63, 3.8) is 0 Å². The molecule has 0 aliphatic heterocycles. The quantitative estimate of drug-likeness (QED) is 0.454. The van der Waals surface area contributed by atoms with E-state index in [-0.39, 0.29) is 0 Å². The van der Waals surface area contributed by atoms with Crippen molar-refractivity contribution in [1.82, 2.24) is 0 Å². The van der Waals surface area contributed by atoms with Gasteiger partial charge in [-0.2, -0.15) is 8.78 Å². The summed E-state index contributed by atoms with van der Waals surface area (Å²) in [5, 5.41) is 0. The standard InChI is InChI=1S/C7H4F4O4S/c1-15-6-2(8)4(10)7(16(12,13)14)5(11)3(6)9/h1H3,(H,12,13,14)/p-1. The Bertz CT molecular complexity index is 511. The van der Waals surface area contributed by atoms with Crippen LogP contribution in [0.4, 0.5) is 17.6 Å². The minimum Gasteiger partial charge on any atom is -0.744 e. The average molecular weight is 259 g/mol. The van der Waals surface area contributed by atoms with Crippen molar-refractivity contribution >= 4 is 10.1 Å². The maximum Gasteiger partial charge on any atom is 0.205 e. The zero-order valence-corrected chi connectivity index (χ0v) is 8.37. The maximum absolute atomic E-state index is 12.9. The van der Waals surface area contributed by atoms with Gasteiger partial charge >= 0.3 is 0 Å². The molecule has 0 atom stereocenters. The predicted octanol–water partition coefficient (Wildman–Crippen LogP) is 1.16. The third kappa shape index (κ3) is 1.83. The van der Waals surface area contributed by atoms with Crippen molar-refractivity contribution in [3.8, 4) is 5.75 Å². The van der Waals surface area contributed by atoms with E-state index in [1.165, 1.54) is 0 Å². The summed E-state index contributed by atoms with van der Waals surface area (Å²) in [6.07, 6.45) is 0. The van der Waals surface area contributed by atoms with E-state index >= 15 is 0 Å². The van der Waals surface area contributed by atoms with Gasteiger partial charge in [-0.1, -0.05) is 0 Å². The summed E-state index contributed by atoms with van der Waals surface area (Å²) in [7, 11) is -4.96. The monoisotopic (exact) mass is 259 g/mol. The lowest BCUT2D eigenvalue weighted by atomic mass is 10.3. The highest BCUT2D eigenvalue weighted by Gasteiger charge is 2.29. The van der Waals surface area contributed by atoms with Crippen LogP contribution in [-0.2, 0) is 10.1 Å². The lowest BCUT2D eigenvalue weighted by Gasteiger charge is -2.12. The van der Waals surface area contributed by atoms with Gasteiger partial charge < -0.3 is 9.29 Å². The molecule has 16 heavy (non-hydrogen) atoms. The van der Waals surface area contributed by atoms with E-state index in [9.17, 15) is 30.5 Å². The highest BCUT2D eigenvalue weighted by Crippen LogP contribution is 2.31. The van der Waals surface area contributed by atoms with Gasteiger partial charge in [0.25, 0.3) is 0 Å². The van der Waals surface area contributed by atoms with Crippen LogP contribution in [0.15, 0.2) is 4.90 Å². The van der Waals surface area contributed by atoms with E-state index < -0.39 is 44.0 Å². The molecule has 1 aromatic rings. The van der Waals surface area contributed by atoms with E-state index in [4.69, 9.17) is 0 Å². The normalized spacial score (nSPS) is 11.6. The molecular weight excluding hydrogens is 256 g/mol. The van der Waals surface area contributed by atoms with Gasteiger partial charge in [0.2, 0.25) is 11.6 Å². The Morgan fingerprint density at radius 2 is 1.38 bits per heavy atom. The summed E-state index contributed by atoms with van der Waals surface area (Å²) in [4.78, 5) is -2.21. The summed E-state index contributed by atoms with van der Waals surface area (Å²) < 4.78 is 86.8. The van der Waals surface area contributed by atoms with Gasteiger partial charge in [0.15, 0.2) is 17.4 Å². The Morgan fingerprint density at radius 3 is 1.62 bits per heavy atom. The first-order valence-corrected chi connectivity index (χ1v) is 4.98. The third-order valence-corrected chi connectivity index (χ3v) is 2.50. The lowest BCUT2D eigenvalue weighted by Crippen LogP contribution is -2.11. The van der Waals surface area contributed by atoms with Gasteiger partial charge in [-0.05, 0) is 0 Å². The van der Waals surface area contributed by atoms with Crippen LogP contribution in [0.25, 0.3) is 0 Å². The molecule has 0 spiro atoms. The second-order valence-corrected chi connectivity index (χ2v) is 3.89. The van der Waals surface area contributed by atoms with Crippen molar-refractivity contribution in [2.24, 2.45) is 0 Å². The molecule has 0 N–H and O–H groups in total. The molecule has 9 heteroatoms. The average Bonchev–Trinajstić information content (AvgIpc) is 2.14. The number of methoxy groups -OCH3 is 1. The van der Waals surface area contributed by atoms with Crippen molar-refractivity contribution in [2.75, 3.05) is 7.11 Å². The Morgan fingerprint density at radius 1 is 1.00 bits per heavy atom. The van der Waals surface area contributed by atoms with E-state index in [0.29, 0.717) is 7.11 Å². The van der Waals surface area contributed by atoms with Crippen LogP contribution >= 0.6 is 0 Å². The van der Waals surface area contributed by atoms with Crippen LogP contribution < -0.4 is 4.74 Å². The number of hydrogen-bond acceptors (Lipinski definition) is 4. The topological polar surface area (TPSA) is 66.4 Å². The van der Waals surface area contributed by atoms with Crippen LogP contribution in [-0.4, -0.2) is 20.1 Å². The number of ether oxygens (including phenoxy) is 1. The molecule has 1 aromatic carbocycles. The summed E-state index contributed by atoms with van der Waals surface area (Å²) in [5.74, 6) is -10.2. The van der Waals surface area contributed by atoms with Crippen molar-refractivity contribution in [1.29, 1.82) is 0 Å². The molecule has 0 radical (unpaired) electrons. The summed E-state index contributed by atoms with van der Waals surface area (Å²) in [6.45, 7) is 0. The van der Waals surface area contributed by atoms with Crippen molar-refractivity contribution in [3.05, 3.63) is 23.3 Å². The lowest BCUT2D eigenvalue weighted by molar-refractivity contribution is 0.319. The minimum atomic E-state index is -5.67. The largest absolute Gasteiger partial charge is 0.744 e. The van der Waals surface area contributed by atoms with Crippen molar-refractivity contribution < 1.29 is 35.3 Å². The van der Waals surface area contributed by atoms with Gasteiger partial charge in [0, 0.05) is 0 Å². The predicted molar refractivity (Wildman–Crippen MR) is 40.8 cm³/mol. The molecule has 0 aliphatic rings. The van der Waals surface area contributed by atoms with E-state index in [1.54, 1.807) is 0 Å². The zero-order chi connectivity index (χ0) is 12.7. The van der Waals surface area contributed by atoms with Gasteiger partial charge in [-0.25, -0.2) is 17.2 Å². The van der Waals surface area contributed by atoms with Crippen LogP contribution in [0.1, 0.15) is 0 Å². The van der Waals surface area contributed by atoms with E-state index in [0.717, 1.165) is 0 Å². The first-order valence-electron chi connectivity index (χ1n) is 3.57. The molecule has 1 rings (SSSR count). The fourth-order valence-corrected chi connectivity index (χ4v) is 1.61.